The van der Waals surface area contributed by atoms with Crippen molar-refractivity contribution in [3.05, 3.63) is 68.9 Å². The number of carbonyl (C=O) groups excluding carboxylic acids is 2. The summed E-state index contributed by atoms with van der Waals surface area (Å²) in [5.74, 6) is -0.691. The number of methoxy groups -OCH3 is 1. The quantitative estimate of drug-likeness (QED) is 0.227. The van der Waals surface area contributed by atoms with Crippen LogP contribution in [0.4, 0.5) is 5.69 Å². The first-order valence-electron chi connectivity index (χ1n) is 9.37. The van der Waals surface area contributed by atoms with Crippen molar-refractivity contribution in [1.29, 1.82) is 0 Å². The monoisotopic (exact) mass is 424 g/mol. The molecule has 31 heavy (non-hydrogen) atoms. The second kappa shape index (κ2) is 8.78. The van der Waals surface area contributed by atoms with Crippen molar-refractivity contribution in [3.63, 3.8) is 0 Å². The van der Waals surface area contributed by atoms with Crippen molar-refractivity contribution in [2.45, 2.75) is 20.8 Å². The van der Waals surface area contributed by atoms with Crippen LogP contribution in [0.25, 0.3) is 6.08 Å². The number of esters is 2. The van der Waals surface area contributed by atoms with Crippen molar-refractivity contribution >= 4 is 29.6 Å². The number of benzene rings is 2. The summed E-state index contributed by atoms with van der Waals surface area (Å²) in [6.07, 6.45) is 1.50. The zero-order chi connectivity index (χ0) is 22.7. The third-order valence-corrected chi connectivity index (χ3v) is 4.43. The zero-order valence-electron chi connectivity index (χ0n) is 17.4. The van der Waals surface area contributed by atoms with Crippen LogP contribution >= 0.6 is 0 Å². The summed E-state index contributed by atoms with van der Waals surface area (Å²) >= 11 is 0. The highest BCUT2D eigenvalue weighted by molar-refractivity contribution is 6.13. The van der Waals surface area contributed by atoms with Gasteiger partial charge in [0.15, 0.2) is 17.2 Å². The van der Waals surface area contributed by atoms with E-state index in [1.54, 1.807) is 39.0 Å². The van der Waals surface area contributed by atoms with Gasteiger partial charge in [-0.2, -0.15) is 0 Å². The van der Waals surface area contributed by atoms with Crippen molar-refractivity contribution in [1.82, 2.24) is 0 Å². The lowest BCUT2D eigenvalue weighted by molar-refractivity contribution is -0.385. The molecule has 0 spiro atoms. The average molecular weight is 424 g/mol. The van der Waals surface area contributed by atoms with Crippen LogP contribution in [-0.4, -0.2) is 29.9 Å². The van der Waals surface area contributed by atoms with E-state index in [0.717, 1.165) is 0 Å². The Hall–Kier alpha value is -4.01. The summed E-state index contributed by atoms with van der Waals surface area (Å²) in [5.41, 5.74) is 1.48. The summed E-state index contributed by atoms with van der Waals surface area (Å²) < 4.78 is 15.8. The SMILES string of the molecule is COc1cc(/C=C2\N=C(c3ccc([N+](=O)[O-])c(C)c3)OC2=O)ccc1OC(=O)C(C)C. The first-order valence-corrected chi connectivity index (χ1v) is 9.37. The second-order valence-corrected chi connectivity index (χ2v) is 7.08. The van der Waals surface area contributed by atoms with Gasteiger partial charge in [-0.05, 0) is 42.8 Å². The molecule has 1 heterocycles. The number of cyclic esters (lactones) is 1. The van der Waals surface area contributed by atoms with Gasteiger partial charge in [-0.15, -0.1) is 0 Å². The molecule has 0 fully saturated rings. The van der Waals surface area contributed by atoms with E-state index >= 15 is 0 Å². The third kappa shape index (κ3) is 4.77. The summed E-state index contributed by atoms with van der Waals surface area (Å²) in [7, 11) is 1.44. The number of nitrogens with zero attached hydrogens (tertiary/aromatic N) is 2. The highest BCUT2D eigenvalue weighted by Gasteiger charge is 2.25. The molecule has 2 aromatic carbocycles. The van der Waals surface area contributed by atoms with E-state index in [1.807, 2.05) is 0 Å². The first kappa shape index (κ1) is 21.7. The molecular weight excluding hydrogens is 404 g/mol. The molecule has 3 rings (SSSR count). The molecule has 0 aromatic heterocycles. The molecule has 160 valence electrons. The molecule has 0 aliphatic carbocycles. The minimum absolute atomic E-state index is 0.0326. The van der Waals surface area contributed by atoms with Crippen molar-refractivity contribution in [2.24, 2.45) is 10.9 Å². The fraction of sp³-hybridized carbons (Fsp3) is 0.227. The second-order valence-electron chi connectivity index (χ2n) is 7.08. The Morgan fingerprint density at radius 1 is 1.19 bits per heavy atom. The van der Waals surface area contributed by atoms with Crippen LogP contribution in [0, 0.1) is 23.0 Å². The fourth-order valence-corrected chi connectivity index (χ4v) is 2.77. The lowest BCUT2D eigenvalue weighted by Crippen LogP contribution is -2.15. The summed E-state index contributed by atoms with van der Waals surface area (Å²) in [6, 6.07) is 9.16. The minimum Gasteiger partial charge on any atom is -0.493 e. The van der Waals surface area contributed by atoms with Crippen LogP contribution in [-0.2, 0) is 14.3 Å². The number of aryl methyl sites for hydroxylation is 1. The Bertz CT molecular complexity index is 1130. The Balaban J connectivity index is 1.89. The number of rotatable bonds is 6. The maximum atomic E-state index is 12.3. The number of ether oxygens (including phenoxy) is 3. The number of hydrogen-bond acceptors (Lipinski definition) is 8. The zero-order valence-corrected chi connectivity index (χ0v) is 17.4. The molecule has 1 aliphatic heterocycles. The molecular formula is C22H20N2O7. The van der Waals surface area contributed by atoms with E-state index in [2.05, 4.69) is 4.99 Å². The van der Waals surface area contributed by atoms with Gasteiger partial charge in [0.1, 0.15) is 0 Å². The van der Waals surface area contributed by atoms with Crippen LogP contribution in [0.2, 0.25) is 0 Å². The van der Waals surface area contributed by atoms with Gasteiger partial charge in [0.05, 0.1) is 18.0 Å². The summed E-state index contributed by atoms with van der Waals surface area (Å²) in [5, 5.41) is 11.0. The van der Waals surface area contributed by atoms with Crippen molar-refractivity contribution < 1.29 is 28.7 Å². The first-order chi connectivity index (χ1) is 14.7. The van der Waals surface area contributed by atoms with Gasteiger partial charge in [-0.3, -0.25) is 14.9 Å². The molecule has 0 saturated heterocycles. The molecule has 2 aromatic rings. The van der Waals surface area contributed by atoms with E-state index in [-0.39, 0.29) is 28.9 Å². The van der Waals surface area contributed by atoms with Crippen molar-refractivity contribution in [2.75, 3.05) is 7.11 Å². The number of nitro groups is 1. The number of carbonyl (C=O) groups is 2. The van der Waals surface area contributed by atoms with Gasteiger partial charge in [0.25, 0.3) is 5.69 Å². The van der Waals surface area contributed by atoms with Crippen molar-refractivity contribution in [3.8, 4) is 11.5 Å². The molecule has 9 nitrogen and oxygen atoms in total. The van der Waals surface area contributed by atoms with Crippen LogP contribution in [0.1, 0.15) is 30.5 Å². The molecule has 0 unspecified atom stereocenters. The number of aliphatic imine (C=N–C) groups is 1. The summed E-state index contributed by atoms with van der Waals surface area (Å²) in [4.78, 5) is 38.8. The maximum absolute atomic E-state index is 12.3. The summed E-state index contributed by atoms with van der Waals surface area (Å²) in [6.45, 7) is 5.04. The largest absolute Gasteiger partial charge is 0.493 e. The van der Waals surface area contributed by atoms with E-state index < -0.39 is 16.9 Å². The Kier molecular flexibility index (Phi) is 6.15. The van der Waals surface area contributed by atoms with E-state index in [1.165, 1.54) is 31.4 Å². The van der Waals surface area contributed by atoms with E-state index in [0.29, 0.717) is 22.4 Å². The van der Waals surface area contributed by atoms with Gasteiger partial charge in [-0.1, -0.05) is 19.9 Å². The van der Waals surface area contributed by atoms with Gasteiger partial charge < -0.3 is 14.2 Å². The number of nitro benzene ring substituents is 1. The topological polar surface area (TPSA) is 117 Å². The maximum Gasteiger partial charge on any atom is 0.363 e. The molecule has 0 amide bonds. The van der Waals surface area contributed by atoms with Crippen LogP contribution in [0.3, 0.4) is 0 Å². The van der Waals surface area contributed by atoms with Crippen LogP contribution < -0.4 is 9.47 Å². The molecule has 1 aliphatic rings. The molecule has 0 radical (unpaired) electrons. The molecule has 0 atom stereocenters. The third-order valence-electron chi connectivity index (χ3n) is 4.43. The van der Waals surface area contributed by atoms with Crippen LogP contribution in [0.15, 0.2) is 47.1 Å². The Morgan fingerprint density at radius 3 is 2.55 bits per heavy atom. The van der Waals surface area contributed by atoms with Gasteiger partial charge >= 0.3 is 11.9 Å². The molecule has 0 saturated carbocycles. The minimum atomic E-state index is -0.653. The Morgan fingerprint density at radius 2 is 1.94 bits per heavy atom. The lowest BCUT2D eigenvalue weighted by Gasteiger charge is -2.11. The highest BCUT2D eigenvalue weighted by atomic mass is 16.6. The average Bonchev–Trinajstić information content (AvgIpc) is 3.08. The standard InChI is InChI=1S/C22H20N2O7/c1-12(2)21(25)30-18-8-5-14(11-19(18)29-4)10-16-22(26)31-20(23-16)15-6-7-17(24(27)28)13(3)9-15/h5-12H,1-4H3/b16-10-. The predicted molar refractivity (Wildman–Crippen MR) is 112 cm³/mol. The van der Waals surface area contributed by atoms with Crippen LogP contribution in [0.5, 0.6) is 11.5 Å². The van der Waals surface area contributed by atoms with Gasteiger partial charge in [-0.25, -0.2) is 9.79 Å². The smallest absolute Gasteiger partial charge is 0.363 e. The van der Waals surface area contributed by atoms with E-state index in [4.69, 9.17) is 14.2 Å². The molecule has 0 bridgehead atoms. The molecule has 0 N–H and O–H groups in total. The normalized spacial score (nSPS) is 14.4. The molecule has 9 heteroatoms. The highest BCUT2D eigenvalue weighted by Crippen LogP contribution is 2.30. The Labute approximate surface area is 178 Å². The number of hydrogen-bond donors (Lipinski definition) is 0. The van der Waals surface area contributed by atoms with Gasteiger partial charge in [0, 0.05) is 17.2 Å². The lowest BCUT2D eigenvalue weighted by atomic mass is 10.1. The van der Waals surface area contributed by atoms with Gasteiger partial charge in [0.2, 0.25) is 5.90 Å². The van der Waals surface area contributed by atoms with E-state index in [9.17, 15) is 19.7 Å². The fourth-order valence-electron chi connectivity index (χ4n) is 2.77. The predicted octanol–water partition coefficient (Wildman–Crippen LogP) is 3.82.